The van der Waals surface area contributed by atoms with Crippen molar-refractivity contribution in [3.05, 3.63) is 0 Å². The Morgan fingerprint density at radius 2 is 2.00 bits per heavy atom. The van der Waals surface area contributed by atoms with Gasteiger partial charge in [0, 0.05) is 26.2 Å². The smallest absolute Gasteiger partial charge is 0.0599 e. The Hall–Kier alpha value is -0.120. The summed E-state index contributed by atoms with van der Waals surface area (Å²) in [7, 11) is 1.99. The van der Waals surface area contributed by atoms with E-state index in [-0.39, 0.29) is 0 Å². The zero-order valence-corrected chi connectivity index (χ0v) is 11.2. The van der Waals surface area contributed by atoms with E-state index in [4.69, 9.17) is 4.74 Å². The van der Waals surface area contributed by atoms with E-state index in [2.05, 4.69) is 24.1 Å². The Balaban J connectivity index is 2.03. The Morgan fingerprint density at radius 3 is 2.56 bits per heavy atom. The first-order chi connectivity index (χ1) is 7.72. The molecule has 1 saturated heterocycles. The van der Waals surface area contributed by atoms with Crippen molar-refractivity contribution in [2.75, 3.05) is 39.8 Å². The first-order valence-corrected chi connectivity index (χ1v) is 6.71. The van der Waals surface area contributed by atoms with Gasteiger partial charge in [0.25, 0.3) is 0 Å². The first kappa shape index (κ1) is 13.9. The number of piperidine rings is 1. The van der Waals surface area contributed by atoms with Crippen LogP contribution in [0.25, 0.3) is 0 Å². The number of ether oxygens (including phenoxy) is 1. The van der Waals surface area contributed by atoms with Gasteiger partial charge >= 0.3 is 0 Å². The first-order valence-electron chi connectivity index (χ1n) is 6.71. The molecule has 1 heterocycles. The summed E-state index contributed by atoms with van der Waals surface area (Å²) >= 11 is 0. The fourth-order valence-corrected chi connectivity index (χ4v) is 2.27. The third-order valence-electron chi connectivity index (χ3n) is 3.08. The molecule has 0 radical (unpaired) electrons. The molecule has 3 nitrogen and oxygen atoms in total. The van der Waals surface area contributed by atoms with Crippen molar-refractivity contribution in [2.45, 2.75) is 39.2 Å². The van der Waals surface area contributed by atoms with Crippen LogP contribution in [-0.4, -0.2) is 50.8 Å². The molecule has 0 aromatic rings. The molecule has 0 aromatic heterocycles. The van der Waals surface area contributed by atoms with Crippen LogP contribution >= 0.6 is 0 Å². The van der Waals surface area contributed by atoms with E-state index in [1.54, 1.807) is 0 Å². The van der Waals surface area contributed by atoms with Gasteiger partial charge in [0.05, 0.1) is 6.10 Å². The number of nitrogens with one attached hydrogen (secondary N) is 1. The van der Waals surface area contributed by atoms with E-state index in [1.165, 1.54) is 32.5 Å². The third kappa shape index (κ3) is 5.83. The maximum absolute atomic E-state index is 5.87. The van der Waals surface area contributed by atoms with Gasteiger partial charge in [-0.05, 0) is 38.8 Å². The lowest BCUT2D eigenvalue weighted by Crippen LogP contribution is -2.39. The van der Waals surface area contributed by atoms with Crippen molar-refractivity contribution in [2.24, 2.45) is 5.92 Å². The summed E-state index contributed by atoms with van der Waals surface area (Å²) in [5, 5.41) is 3.15. The lowest BCUT2D eigenvalue weighted by Gasteiger charge is -2.32. The van der Waals surface area contributed by atoms with Crippen molar-refractivity contribution in [1.29, 1.82) is 0 Å². The van der Waals surface area contributed by atoms with Gasteiger partial charge in [0.2, 0.25) is 0 Å². The molecule has 0 amide bonds. The van der Waals surface area contributed by atoms with Gasteiger partial charge < -0.3 is 15.0 Å². The van der Waals surface area contributed by atoms with Crippen LogP contribution in [0.15, 0.2) is 0 Å². The molecule has 1 fully saturated rings. The number of hydrogen-bond acceptors (Lipinski definition) is 3. The molecule has 0 bridgehead atoms. The molecule has 0 aromatic carbocycles. The Kier molecular flexibility index (Phi) is 7.01. The molecule has 1 N–H and O–H groups in total. The lowest BCUT2D eigenvalue weighted by molar-refractivity contribution is 0.00479. The quantitative estimate of drug-likeness (QED) is 0.672. The second-order valence-corrected chi connectivity index (χ2v) is 5.22. The fraction of sp³-hybridized carbons (Fsp3) is 1.00. The van der Waals surface area contributed by atoms with Gasteiger partial charge in [0.1, 0.15) is 0 Å². The van der Waals surface area contributed by atoms with Gasteiger partial charge in [-0.3, -0.25) is 0 Å². The molecule has 1 aliphatic heterocycles. The summed E-state index contributed by atoms with van der Waals surface area (Å²) in [5.41, 5.74) is 0. The van der Waals surface area contributed by atoms with Gasteiger partial charge in [0.15, 0.2) is 0 Å². The minimum atomic E-state index is 0.514. The number of rotatable bonds is 7. The fourth-order valence-electron chi connectivity index (χ4n) is 2.27. The molecule has 0 saturated carbocycles. The average molecular weight is 228 g/mol. The Labute approximate surface area is 101 Å². The van der Waals surface area contributed by atoms with E-state index >= 15 is 0 Å². The molecule has 0 unspecified atom stereocenters. The number of nitrogens with zero attached hydrogens (tertiary/aromatic N) is 1. The van der Waals surface area contributed by atoms with Crippen molar-refractivity contribution in [3.8, 4) is 0 Å². The third-order valence-corrected chi connectivity index (χ3v) is 3.08. The molecule has 0 atom stereocenters. The molecule has 16 heavy (non-hydrogen) atoms. The highest BCUT2D eigenvalue weighted by atomic mass is 16.5. The largest absolute Gasteiger partial charge is 0.378 e. The summed E-state index contributed by atoms with van der Waals surface area (Å²) in [6.07, 6.45) is 4.07. The maximum Gasteiger partial charge on any atom is 0.0599 e. The molecular formula is C13H28N2O. The molecular weight excluding hydrogens is 200 g/mol. The van der Waals surface area contributed by atoms with Gasteiger partial charge in [-0.15, -0.1) is 0 Å². The van der Waals surface area contributed by atoms with Crippen LogP contribution in [0.3, 0.4) is 0 Å². The number of likely N-dealkylation sites (tertiary alicyclic amines) is 1. The highest BCUT2D eigenvalue weighted by Crippen LogP contribution is 2.14. The van der Waals surface area contributed by atoms with Crippen LogP contribution < -0.4 is 5.32 Å². The van der Waals surface area contributed by atoms with Crippen molar-refractivity contribution < 1.29 is 4.74 Å². The minimum Gasteiger partial charge on any atom is -0.378 e. The molecule has 0 spiro atoms. The van der Waals surface area contributed by atoms with Crippen LogP contribution in [0.2, 0.25) is 0 Å². The van der Waals surface area contributed by atoms with Gasteiger partial charge in [-0.1, -0.05) is 13.8 Å². The predicted molar refractivity (Wildman–Crippen MR) is 68.8 cm³/mol. The molecule has 96 valence electrons. The Bertz CT molecular complexity index is 165. The van der Waals surface area contributed by atoms with E-state index < -0.39 is 0 Å². The predicted octanol–water partition coefficient (Wildman–Crippen LogP) is 1.73. The zero-order chi connectivity index (χ0) is 11.8. The summed E-state index contributed by atoms with van der Waals surface area (Å²) in [6.45, 7) is 10.2. The van der Waals surface area contributed by atoms with Crippen LogP contribution in [0.5, 0.6) is 0 Å². The second kappa shape index (κ2) is 8.04. The zero-order valence-electron chi connectivity index (χ0n) is 11.2. The average Bonchev–Trinajstić information content (AvgIpc) is 2.26. The summed E-state index contributed by atoms with van der Waals surface area (Å²) in [6, 6.07) is 0. The van der Waals surface area contributed by atoms with Gasteiger partial charge in [-0.2, -0.15) is 0 Å². The normalized spacial score (nSPS) is 19.5. The maximum atomic E-state index is 5.87. The second-order valence-electron chi connectivity index (χ2n) is 5.22. The Morgan fingerprint density at radius 1 is 1.31 bits per heavy atom. The van der Waals surface area contributed by atoms with Gasteiger partial charge in [-0.25, -0.2) is 0 Å². The molecule has 1 aliphatic rings. The molecule has 3 heteroatoms. The van der Waals surface area contributed by atoms with Crippen LogP contribution in [0.1, 0.15) is 33.1 Å². The summed E-state index contributed by atoms with van der Waals surface area (Å²) < 4.78 is 5.87. The standard InChI is InChI=1S/C13H28N2O/c1-12(2)11-15-8-5-13(6-9-15)16-10-4-7-14-3/h12-14H,4-11H2,1-3H3. The molecule has 1 rings (SSSR count). The lowest BCUT2D eigenvalue weighted by atomic mass is 10.1. The van der Waals surface area contributed by atoms with Crippen molar-refractivity contribution >= 4 is 0 Å². The highest BCUT2D eigenvalue weighted by Gasteiger charge is 2.19. The minimum absolute atomic E-state index is 0.514. The van der Waals surface area contributed by atoms with Crippen LogP contribution in [0, 0.1) is 5.92 Å². The monoisotopic (exact) mass is 228 g/mol. The summed E-state index contributed by atoms with van der Waals surface area (Å²) in [5.74, 6) is 0.785. The SMILES string of the molecule is CNCCCOC1CCN(CC(C)C)CC1. The number of hydrogen-bond donors (Lipinski definition) is 1. The topological polar surface area (TPSA) is 24.5 Å². The van der Waals surface area contributed by atoms with E-state index in [0.29, 0.717) is 6.10 Å². The van der Waals surface area contributed by atoms with E-state index in [0.717, 1.165) is 25.5 Å². The highest BCUT2D eigenvalue weighted by molar-refractivity contribution is 4.73. The van der Waals surface area contributed by atoms with Crippen LogP contribution in [-0.2, 0) is 4.74 Å². The van der Waals surface area contributed by atoms with Crippen molar-refractivity contribution in [3.63, 3.8) is 0 Å². The van der Waals surface area contributed by atoms with E-state index in [1.807, 2.05) is 7.05 Å². The van der Waals surface area contributed by atoms with Crippen molar-refractivity contribution in [1.82, 2.24) is 10.2 Å². The summed E-state index contributed by atoms with van der Waals surface area (Å²) in [4.78, 5) is 2.57. The molecule has 0 aliphatic carbocycles. The van der Waals surface area contributed by atoms with Crippen LogP contribution in [0.4, 0.5) is 0 Å². The van der Waals surface area contributed by atoms with E-state index in [9.17, 15) is 0 Å².